The highest BCUT2D eigenvalue weighted by atomic mass is 32.1. The Bertz CT molecular complexity index is 439. The molecule has 0 aliphatic heterocycles. The molecule has 4 heteroatoms. The fourth-order valence-electron chi connectivity index (χ4n) is 1.47. The van der Waals surface area contributed by atoms with E-state index in [0.717, 1.165) is 11.6 Å². The second-order valence-electron chi connectivity index (χ2n) is 3.75. The van der Waals surface area contributed by atoms with Crippen LogP contribution in [0.1, 0.15) is 28.4 Å². The van der Waals surface area contributed by atoms with Crippen molar-refractivity contribution in [3.8, 4) is 0 Å². The number of pyridine rings is 1. The Hall–Kier alpha value is -1.26. The van der Waals surface area contributed by atoms with Crippen molar-refractivity contribution in [3.63, 3.8) is 0 Å². The molecule has 2 heterocycles. The second kappa shape index (κ2) is 5.18. The average molecular weight is 233 g/mol. The molecule has 0 aromatic carbocycles. The molecule has 0 aliphatic rings. The quantitative estimate of drug-likeness (QED) is 0.882. The van der Waals surface area contributed by atoms with Crippen LogP contribution in [0.15, 0.2) is 30.7 Å². The van der Waals surface area contributed by atoms with Crippen LogP contribution in [0.4, 0.5) is 0 Å². The molecule has 0 radical (unpaired) electrons. The topological polar surface area (TPSA) is 37.8 Å². The first kappa shape index (κ1) is 11.2. The smallest absolute Gasteiger partial charge is 0.107 e. The van der Waals surface area contributed by atoms with E-state index >= 15 is 0 Å². The SMILES string of the molecule is Cc1cnc(CNC(C)c2cccnc2)s1. The lowest BCUT2D eigenvalue weighted by atomic mass is 10.1. The minimum atomic E-state index is 0.304. The number of nitrogens with one attached hydrogen (secondary N) is 1. The van der Waals surface area contributed by atoms with Crippen molar-refractivity contribution < 1.29 is 0 Å². The molecule has 2 aromatic heterocycles. The molecule has 0 aliphatic carbocycles. The molecule has 16 heavy (non-hydrogen) atoms. The van der Waals surface area contributed by atoms with E-state index in [2.05, 4.69) is 35.2 Å². The molecule has 0 amide bonds. The predicted molar refractivity (Wildman–Crippen MR) is 66.3 cm³/mol. The van der Waals surface area contributed by atoms with Gasteiger partial charge in [-0.25, -0.2) is 4.98 Å². The summed E-state index contributed by atoms with van der Waals surface area (Å²) in [7, 11) is 0. The van der Waals surface area contributed by atoms with Gasteiger partial charge in [-0.15, -0.1) is 11.3 Å². The Morgan fingerprint density at radius 2 is 2.31 bits per heavy atom. The first-order chi connectivity index (χ1) is 7.75. The standard InChI is InChI=1S/C12H15N3S/c1-9-6-15-12(16-9)8-14-10(2)11-4-3-5-13-7-11/h3-7,10,14H,8H2,1-2H3. The Labute approximate surface area is 99.6 Å². The van der Waals surface area contributed by atoms with Gasteiger partial charge in [0, 0.05) is 36.1 Å². The summed E-state index contributed by atoms with van der Waals surface area (Å²) in [5, 5.41) is 4.57. The van der Waals surface area contributed by atoms with Gasteiger partial charge in [-0.2, -0.15) is 0 Å². The summed E-state index contributed by atoms with van der Waals surface area (Å²) in [5.41, 5.74) is 1.20. The number of hydrogen-bond donors (Lipinski definition) is 1. The summed E-state index contributed by atoms with van der Waals surface area (Å²) in [6.07, 6.45) is 5.60. The van der Waals surface area contributed by atoms with Crippen LogP contribution in [0.3, 0.4) is 0 Å². The van der Waals surface area contributed by atoms with Crippen LogP contribution in [-0.2, 0) is 6.54 Å². The summed E-state index contributed by atoms with van der Waals surface area (Å²) in [4.78, 5) is 9.69. The van der Waals surface area contributed by atoms with Gasteiger partial charge < -0.3 is 5.32 Å². The van der Waals surface area contributed by atoms with Crippen molar-refractivity contribution >= 4 is 11.3 Å². The van der Waals surface area contributed by atoms with Gasteiger partial charge in [0.25, 0.3) is 0 Å². The van der Waals surface area contributed by atoms with Crippen LogP contribution < -0.4 is 5.32 Å². The Kier molecular flexibility index (Phi) is 3.64. The number of aryl methyl sites for hydroxylation is 1. The van der Waals surface area contributed by atoms with Gasteiger partial charge in [0.2, 0.25) is 0 Å². The summed E-state index contributed by atoms with van der Waals surface area (Å²) < 4.78 is 0. The zero-order chi connectivity index (χ0) is 11.4. The van der Waals surface area contributed by atoms with Crippen LogP contribution in [-0.4, -0.2) is 9.97 Å². The molecule has 0 bridgehead atoms. The molecule has 3 nitrogen and oxygen atoms in total. The number of nitrogens with zero attached hydrogens (tertiary/aromatic N) is 2. The van der Waals surface area contributed by atoms with Gasteiger partial charge in [0.05, 0.1) is 0 Å². The van der Waals surface area contributed by atoms with E-state index in [0.29, 0.717) is 6.04 Å². The van der Waals surface area contributed by atoms with Gasteiger partial charge in [-0.3, -0.25) is 4.98 Å². The molecular formula is C12H15N3S. The van der Waals surface area contributed by atoms with Gasteiger partial charge in [0.15, 0.2) is 0 Å². The summed E-state index contributed by atoms with van der Waals surface area (Å²) in [6.45, 7) is 5.03. The molecule has 2 rings (SSSR count). The number of rotatable bonds is 4. The molecule has 0 fully saturated rings. The zero-order valence-electron chi connectivity index (χ0n) is 9.47. The highest BCUT2D eigenvalue weighted by Crippen LogP contribution is 2.14. The van der Waals surface area contributed by atoms with Gasteiger partial charge in [-0.1, -0.05) is 6.07 Å². The normalized spacial score (nSPS) is 12.6. The maximum absolute atomic E-state index is 4.32. The largest absolute Gasteiger partial charge is 0.304 e. The molecular weight excluding hydrogens is 218 g/mol. The average Bonchev–Trinajstić information content (AvgIpc) is 2.73. The molecule has 2 aromatic rings. The van der Waals surface area contributed by atoms with E-state index in [1.165, 1.54) is 10.4 Å². The zero-order valence-corrected chi connectivity index (χ0v) is 10.3. The second-order valence-corrected chi connectivity index (χ2v) is 5.07. The first-order valence-corrected chi connectivity index (χ1v) is 6.12. The van der Waals surface area contributed by atoms with Crippen molar-refractivity contribution in [2.45, 2.75) is 26.4 Å². The highest BCUT2D eigenvalue weighted by molar-refractivity contribution is 7.11. The fourth-order valence-corrected chi connectivity index (χ4v) is 2.21. The number of aromatic nitrogens is 2. The fraction of sp³-hybridized carbons (Fsp3) is 0.333. The lowest BCUT2D eigenvalue weighted by Gasteiger charge is -2.12. The molecule has 1 unspecified atom stereocenters. The highest BCUT2D eigenvalue weighted by Gasteiger charge is 2.05. The number of thiazole rings is 1. The van der Waals surface area contributed by atoms with Crippen LogP contribution in [0.25, 0.3) is 0 Å². The van der Waals surface area contributed by atoms with E-state index in [1.807, 2.05) is 18.5 Å². The van der Waals surface area contributed by atoms with Gasteiger partial charge in [-0.05, 0) is 25.5 Å². The van der Waals surface area contributed by atoms with E-state index in [9.17, 15) is 0 Å². The van der Waals surface area contributed by atoms with E-state index in [1.54, 1.807) is 17.5 Å². The predicted octanol–water partition coefficient (Wildman–Crippen LogP) is 2.70. The maximum atomic E-state index is 4.32. The third-order valence-corrected chi connectivity index (χ3v) is 3.33. The molecule has 1 atom stereocenters. The Morgan fingerprint density at radius 1 is 1.44 bits per heavy atom. The van der Waals surface area contributed by atoms with Crippen LogP contribution in [0, 0.1) is 6.92 Å². The van der Waals surface area contributed by atoms with Crippen LogP contribution in [0.5, 0.6) is 0 Å². The maximum Gasteiger partial charge on any atom is 0.107 e. The van der Waals surface area contributed by atoms with Crippen molar-refractivity contribution in [1.29, 1.82) is 0 Å². The summed E-state index contributed by atoms with van der Waals surface area (Å²) in [5.74, 6) is 0. The molecule has 0 saturated heterocycles. The molecule has 1 N–H and O–H groups in total. The summed E-state index contributed by atoms with van der Waals surface area (Å²) >= 11 is 1.74. The first-order valence-electron chi connectivity index (χ1n) is 5.30. The van der Waals surface area contributed by atoms with E-state index in [4.69, 9.17) is 0 Å². The lowest BCUT2D eigenvalue weighted by Crippen LogP contribution is -2.17. The minimum Gasteiger partial charge on any atom is -0.304 e. The molecule has 0 saturated carbocycles. The Balaban J connectivity index is 1.91. The lowest BCUT2D eigenvalue weighted by molar-refractivity contribution is 0.571. The van der Waals surface area contributed by atoms with Crippen LogP contribution in [0.2, 0.25) is 0 Å². The van der Waals surface area contributed by atoms with Crippen molar-refractivity contribution in [2.75, 3.05) is 0 Å². The van der Waals surface area contributed by atoms with Crippen molar-refractivity contribution in [3.05, 3.63) is 46.2 Å². The number of hydrogen-bond acceptors (Lipinski definition) is 4. The van der Waals surface area contributed by atoms with Gasteiger partial charge >= 0.3 is 0 Å². The minimum absolute atomic E-state index is 0.304. The summed E-state index contributed by atoms with van der Waals surface area (Å²) in [6, 6.07) is 4.34. The third-order valence-electron chi connectivity index (χ3n) is 2.41. The van der Waals surface area contributed by atoms with Crippen molar-refractivity contribution in [1.82, 2.24) is 15.3 Å². The molecule has 0 spiro atoms. The monoisotopic (exact) mass is 233 g/mol. The molecule has 84 valence electrons. The van der Waals surface area contributed by atoms with E-state index in [-0.39, 0.29) is 0 Å². The van der Waals surface area contributed by atoms with Crippen molar-refractivity contribution in [2.24, 2.45) is 0 Å². The van der Waals surface area contributed by atoms with Gasteiger partial charge in [0.1, 0.15) is 5.01 Å². The third kappa shape index (κ3) is 2.87. The van der Waals surface area contributed by atoms with Crippen LogP contribution >= 0.6 is 11.3 Å². The Morgan fingerprint density at radius 3 is 2.94 bits per heavy atom. The van der Waals surface area contributed by atoms with E-state index < -0.39 is 0 Å².